The van der Waals surface area contributed by atoms with Crippen molar-refractivity contribution >= 4 is 17.2 Å². The molecule has 0 amide bonds. The lowest BCUT2D eigenvalue weighted by Crippen LogP contribution is -2.19. The molecule has 1 rings (SSSR count). The number of aromatic hydroxyl groups is 1. The first-order chi connectivity index (χ1) is 8.75. The highest BCUT2D eigenvalue weighted by atomic mass is 32.2. The Morgan fingerprint density at radius 2 is 2.11 bits per heavy atom. The molecule has 0 heterocycles. The lowest BCUT2D eigenvalue weighted by atomic mass is 10.1. The second-order valence-electron chi connectivity index (χ2n) is 5.09. The lowest BCUT2D eigenvalue weighted by Gasteiger charge is -2.13. The summed E-state index contributed by atoms with van der Waals surface area (Å²) in [5.74, 6) is -0.534. The Morgan fingerprint density at radius 3 is 2.63 bits per heavy atom. The van der Waals surface area contributed by atoms with Gasteiger partial charge in [0.05, 0.1) is 4.75 Å². The number of hydrogen-bond acceptors (Lipinski definition) is 2. The number of phenolic OH excluding ortho intramolecular Hbond substituents is 1. The normalized spacial score (nSPS) is 13.7. The summed E-state index contributed by atoms with van der Waals surface area (Å²) in [7, 11) is -1.45. The number of rotatable bonds is 4. The van der Waals surface area contributed by atoms with Crippen LogP contribution in [0.5, 0.6) is 5.75 Å². The first-order valence-electron chi connectivity index (χ1n) is 5.84. The van der Waals surface area contributed by atoms with Crippen LogP contribution in [0.2, 0.25) is 0 Å². The predicted molar refractivity (Wildman–Crippen MR) is 77.5 cm³/mol. The van der Waals surface area contributed by atoms with Crippen LogP contribution < -0.4 is 0 Å². The molecule has 0 aliphatic carbocycles. The minimum absolute atomic E-state index is 0.0593. The summed E-state index contributed by atoms with van der Waals surface area (Å²) in [5, 5.41) is 9.96. The Kier molecular flexibility index (Phi) is 5.00. The van der Waals surface area contributed by atoms with E-state index >= 15 is 0 Å². The molecule has 3 nitrogen and oxygen atoms in total. The second kappa shape index (κ2) is 6.10. The van der Waals surface area contributed by atoms with Crippen LogP contribution in [0.3, 0.4) is 0 Å². The summed E-state index contributed by atoms with van der Waals surface area (Å²) < 4.78 is 28.5. The molecule has 0 aromatic heterocycles. The minimum Gasteiger partial charge on any atom is -0.507 e. The summed E-state index contributed by atoms with van der Waals surface area (Å²) >= 11 is 0. The molecule has 19 heavy (non-hydrogen) atoms. The number of benzene rings is 1. The van der Waals surface area contributed by atoms with Crippen LogP contribution in [0.25, 0.3) is 0 Å². The van der Waals surface area contributed by atoms with Crippen molar-refractivity contribution in [3.8, 4) is 5.75 Å². The topological polar surface area (TPSA) is 49.7 Å². The largest absolute Gasteiger partial charge is 0.507 e. The van der Waals surface area contributed by atoms with Gasteiger partial charge in [-0.3, -0.25) is 0 Å². The monoisotopic (exact) mass is 283 g/mol. The van der Waals surface area contributed by atoms with Gasteiger partial charge in [0.1, 0.15) is 22.6 Å². The highest BCUT2D eigenvalue weighted by molar-refractivity contribution is 7.85. The Bertz CT molecular complexity index is 533. The molecule has 0 bridgehead atoms. The minimum atomic E-state index is -1.45. The highest BCUT2D eigenvalue weighted by Crippen LogP contribution is 2.24. The van der Waals surface area contributed by atoms with Crippen molar-refractivity contribution in [1.29, 1.82) is 0 Å². The summed E-state index contributed by atoms with van der Waals surface area (Å²) in [6, 6.07) is 2.40. The summed E-state index contributed by atoms with van der Waals surface area (Å²) in [4.78, 5) is 0. The molecule has 0 aliphatic rings. The van der Waals surface area contributed by atoms with Gasteiger partial charge in [-0.25, -0.2) is 8.60 Å². The molecule has 1 aromatic carbocycles. The maximum atomic E-state index is 13.4. The van der Waals surface area contributed by atoms with E-state index in [1.807, 2.05) is 0 Å². The van der Waals surface area contributed by atoms with Crippen molar-refractivity contribution < 1.29 is 13.7 Å². The fraction of sp³-hybridized carbons (Fsp3) is 0.357. The maximum absolute atomic E-state index is 13.4. The Morgan fingerprint density at radius 1 is 1.47 bits per heavy atom. The summed E-state index contributed by atoms with van der Waals surface area (Å²) in [6.07, 6.45) is 3.17. The van der Waals surface area contributed by atoms with E-state index in [0.717, 1.165) is 6.07 Å². The SMILES string of the molecule is C=CCc1cc(F)cc(/C=N/[S@](=O)C(C)(C)C)c1O. The van der Waals surface area contributed by atoms with Crippen molar-refractivity contribution in [1.82, 2.24) is 0 Å². The molecular weight excluding hydrogens is 265 g/mol. The third-order valence-electron chi connectivity index (χ3n) is 2.36. The number of hydrogen-bond donors (Lipinski definition) is 1. The number of halogens is 1. The molecule has 0 saturated carbocycles. The molecule has 1 N–H and O–H groups in total. The predicted octanol–water partition coefficient (Wildman–Crippen LogP) is 3.14. The van der Waals surface area contributed by atoms with E-state index in [0.29, 0.717) is 12.0 Å². The quantitative estimate of drug-likeness (QED) is 0.681. The van der Waals surface area contributed by atoms with Crippen LogP contribution in [0.4, 0.5) is 4.39 Å². The number of phenols is 1. The van der Waals surface area contributed by atoms with E-state index in [4.69, 9.17) is 0 Å². The Hall–Kier alpha value is -1.49. The van der Waals surface area contributed by atoms with Gasteiger partial charge in [-0.1, -0.05) is 6.08 Å². The molecule has 1 atom stereocenters. The van der Waals surface area contributed by atoms with Crippen LogP contribution in [-0.2, 0) is 17.4 Å². The summed E-state index contributed by atoms with van der Waals surface area (Å²) in [6.45, 7) is 8.91. The van der Waals surface area contributed by atoms with Crippen LogP contribution in [0.1, 0.15) is 31.9 Å². The van der Waals surface area contributed by atoms with Gasteiger partial charge in [-0.05, 0) is 39.3 Å². The Balaban J connectivity index is 3.11. The molecule has 0 saturated heterocycles. The first-order valence-corrected chi connectivity index (χ1v) is 6.94. The first kappa shape index (κ1) is 15.6. The average molecular weight is 283 g/mol. The maximum Gasteiger partial charge on any atom is 0.144 e. The van der Waals surface area contributed by atoms with Crippen molar-refractivity contribution in [3.05, 3.63) is 41.7 Å². The fourth-order valence-corrected chi connectivity index (χ4v) is 1.88. The van der Waals surface area contributed by atoms with Gasteiger partial charge < -0.3 is 5.11 Å². The number of nitrogens with zero attached hydrogens (tertiary/aromatic N) is 1. The molecule has 0 aliphatic heterocycles. The molecule has 104 valence electrons. The van der Waals surface area contributed by atoms with Crippen molar-refractivity contribution in [2.24, 2.45) is 4.40 Å². The highest BCUT2D eigenvalue weighted by Gasteiger charge is 2.18. The average Bonchev–Trinajstić information content (AvgIpc) is 2.30. The van der Waals surface area contributed by atoms with Gasteiger partial charge >= 0.3 is 0 Å². The van der Waals surface area contributed by atoms with E-state index in [1.54, 1.807) is 26.8 Å². The third kappa shape index (κ3) is 4.28. The zero-order valence-corrected chi connectivity index (χ0v) is 12.1. The zero-order chi connectivity index (χ0) is 14.6. The van der Waals surface area contributed by atoms with E-state index in [1.165, 1.54) is 12.3 Å². The Labute approximate surface area is 115 Å². The molecule has 1 aromatic rings. The van der Waals surface area contributed by atoms with Gasteiger partial charge in [0, 0.05) is 17.3 Å². The standard InChI is InChI=1S/C14H18FNO2S/c1-5-6-10-7-12(15)8-11(13(10)17)9-16-19(18)14(2,3)4/h5,7-9,17H,1,6H2,2-4H3/b16-9+/t19-/m1/s1. The molecule has 0 fully saturated rings. The van der Waals surface area contributed by atoms with Gasteiger partial charge in [-0.15, -0.1) is 6.58 Å². The molecule has 5 heteroatoms. The molecule has 0 radical (unpaired) electrons. The van der Waals surface area contributed by atoms with Crippen LogP contribution in [-0.4, -0.2) is 20.3 Å². The van der Waals surface area contributed by atoms with E-state index in [9.17, 15) is 13.7 Å². The second-order valence-corrected chi connectivity index (χ2v) is 7.03. The van der Waals surface area contributed by atoms with Crippen molar-refractivity contribution in [2.75, 3.05) is 0 Å². The molecular formula is C14H18FNO2S. The zero-order valence-electron chi connectivity index (χ0n) is 11.3. The van der Waals surface area contributed by atoms with E-state index < -0.39 is 21.5 Å². The number of allylic oxidation sites excluding steroid dienone is 1. The third-order valence-corrected chi connectivity index (χ3v) is 3.70. The van der Waals surface area contributed by atoms with Crippen molar-refractivity contribution in [3.63, 3.8) is 0 Å². The molecule has 0 spiro atoms. The molecule has 0 unspecified atom stereocenters. The van der Waals surface area contributed by atoms with Gasteiger partial charge in [-0.2, -0.15) is 4.40 Å². The lowest BCUT2D eigenvalue weighted by molar-refractivity contribution is 0.466. The van der Waals surface area contributed by atoms with Gasteiger partial charge in [0.25, 0.3) is 0 Å². The fourth-order valence-electron chi connectivity index (χ4n) is 1.35. The van der Waals surface area contributed by atoms with Crippen LogP contribution >= 0.6 is 0 Å². The van der Waals surface area contributed by atoms with E-state index in [2.05, 4.69) is 11.0 Å². The van der Waals surface area contributed by atoms with Crippen molar-refractivity contribution in [2.45, 2.75) is 31.9 Å². The van der Waals surface area contributed by atoms with Gasteiger partial charge in [0.15, 0.2) is 0 Å². The summed E-state index contributed by atoms with van der Waals surface area (Å²) in [5.41, 5.74) is 0.646. The van der Waals surface area contributed by atoms with E-state index in [-0.39, 0.29) is 11.3 Å². The smallest absolute Gasteiger partial charge is 0.144 e. The van der Waals surface area contributed by atoms with Crippen LogP contribution in [0, 0.1) is 5.82 Å². The van der Waals surface area contributed by atoms with Crippen LogP contribution in [0.15, 0.2) is 29.2 Å². The van der Waals surface area contributed by atoms with Gasteiger partial charge in [0.2, 0.25) is 0 Å².